The maximum absolute atomic E-state index is 11.9. The minimum Gasteiger partial charge on any atom is -0.273 e. The van der Waals surface area contributed by atoms with Crippen molar-refractivity contribution in [1.29, 1.82) is 0 Å². The molecule has 0 radical (unpaired) electrons. The maximum Gasteiger partial charge on any atom is 0.246 e. The van der Waals surface area contributed by atoms with Crippen molar-refractivity contribution in [3.05, 3.63) is 51.5 Å². The largest absolute Gasteiger partial charge is 0.273 e. The van der Waals surface area contributed by atoms with Crippen LogP contribution < -0.4 is 5.43 Å². The van der Waals surface area contributed by atoms with Gasteiger partial charge in [0.2, 0.25) is 5.91 Å². The fraction of sp³-hybridized carbons (Fsp3) is 0.312. The molecule has 1 amide bonds. The van der Waals surface area contributed by atoms with Crippen molar-refractivity contribution >= 4 is 23.0 Å². The van der Waals surface area contributed by atoms with Gasteiger partial charge in [0.1, 0.15) is 5.01 Å². The Morgan fingerprint density at radius 3 is 2.57 bits per heavy atom. The third kappa shape index (κ3) is 4.49. The van der Waals surface area contributed by atoms with Crippen molar-refractivity contribution in [2.75, 3.05) is 0 Å². The van der Waals surface area contributed by atoms with Crippen LogP contribution >= 0.6 is 11.3 Å². The van der Waals surface area contributed by atoms with E-state index in [2.05, 4.69) is 15.5 Å². The van der Waals surface area contributed by atoms with Gasteiger partial charge in [0.05, 0.1) is 12.1 Å². The summed E-state index contributed by atoms with van der Waals surface area (Å²) in [6.45, 7) is 5.99. The highest BCUT2D eigenvalue weighted by molar-refractivity contribution is 7.09. The number of amides is 1. The molecule has 2 aromatic rings. The Morgan fingerprint density at radius 1 is 1.29 bits per heavy atom. The smallest absolute Gasteiger partial charge is 0.246 e. The molecule has 110 valence electrons. The first-order valence-corrected chi connectivity index (χ1v) is 7.80. The molecule has 5 heteroatoms. The van der Waals surface area contributed by atoms with Crippen LogP contribution in [0.25, 0.3) is 0 Å². The molecule has 4 nitrogen and oxygen atoms in total. The van der Waals surface area contributed by atoms with Crippen LogP contribution in [0.2, 0.25) is 0 Å². The van der Waals surface area contributed by atoms with Crippen LogP contribution in [0, 0.1) is 13.8 Å². The maximum atomic E-state index is 11.9. The Morgan fingerprint density at radius 2 is 2.00 bits per heavy atom. The molecule has 1 heterocycles. The summed E-state index contributed by atoms with van der Waals surface area (Å²) in [5, 5.41) is 6.99. The van der Waals surface area contributed by atoms with Crippen molar-refractivity contribution in [2.24, 2.45) is 5.10 Å². The van der Waals surface area contributed by atoms with E-state index in [1.807, 2.05) is 50.4 Å². The number of rotatable bonds is 5. The molecule has 0 saturated heterocycles. The third-order valence-corrected chi connectivity index (χ3v) is 3.98. The minimum absolute atomic E-state index is 0.137. The van der Waals surface area contributed by atoms with Crippen LogP contribution in [0.1, 0.15) is 35.2 Å². The number of hydrogen-bond acceptors (Lipinski definition) is 4. The van der Waals surface area contributed by atoms with Gasteiger partial charge in [-0.05, 0) is 25.8 Å². The van der Waals surface area contributed by atoms with E-state index >= 15 is 0 Å². The Hall–Kier alpha value is -2.01. The Balaban J connectivity index is 2.00. The average molecular weight is 301 g/mol. The summed E-state index contributed by atoms with van der Waals surface area (Å²) in [5.74, 6) is -0.137. The van der Waals surface area contributed by atoms with E-state index in [4.69, 9.17) is 0 Å². The van der Waals surface area contributed by atoms with Gasteiger partial charge in [0.25, 0.3) is 0 Å². The number of carbonyl (C=O) groups is 1. The van der Waals surface area contributed by atoms with Crippen molar-refractivity contribution in [2.45, 2.75) is 33.6 Å². The number of nitrogens with one attached hydrogen (secondary N) is 1. The predicted octanol–water partition coefficient (Wildman–Crippen LogP) is 3.23. The molecule has 1 N–H and O–H groups in total. The molecule has 1 aromatic heterocycles. The number of aryl methyl sites for hydroxylation is 2. The van der Waals surface area contributed by atoms with E-state index < -0.39 is 0 Å². The summed E-state index contributed by atoms with van der Waals surface area (Å²) in [6.07, 6.45) is 1.03. The highest BCUT2D eigenvalue weighted by Crippen LogP contribution is 2.09. The normalized spacial score (nSPS) is 11.5. The fourth-order valence-electron chi connectivity index (χ4n) is 1.88. The van der Waals surface area contributed by atoms with E-state index in [1.54, 1.807) is 0 Å². The van der Waals surface area contributed by atoms with E-state index in [1.165, 1.54) is 16.9 Å². The van der Waals surface area contributed by atoms with Gasteiger partial charge in [0, 0.05) is 11.1 Å². The van der Waals surface area contributed by atoms with Crippen LogP contribution in [0.4, 0.5) is 0 Å². The van der Waals surface area contributed by atoms with Crippen LogP contribution in [0.15, 0.2) is 34.7 Å². The standard InChI is InChI=1S/C16H19N3OS/c1-4-14(13-7-5-11(2)6-8-13)18-19-15(20)9-16-17-12(3)10-21-16/h5-8,10H,4,9H2,1-3H3,(H,19,20)/b18-14-. The summed E-state index contributed by atoms with van der Waals surface area (Å²) in [7, 11) is 0. The molecule has 0 aliphatic rings. The van der Waals surface area contributed by atoms with Gasteiger partial charge in [-0.1, -0.05) is 36.8 Å². The number of nitrogens with zero attached hydrogens (tertiary/aromatic N) is 2. The molecule has 0 aliphatic carbocycles. The van der Waals surface area contributed by atoms with Gasteiger partial charge in [0.15, 0.2) is 0 Å². The first-order chi connectivity index (χ1) is 10.1. The fourth-order valence-corrected chi connectivity index (χ4v) is 2.65. The molecule has 1 aromatic carbocycles. The highest BCUT2D eigenvalue weighted by atomic mass is 32.1. The van der Waals surface area contributed by atoms with Crippen LogP contribution in [0.5, 0.6) is 0 Å². The summed E-state index contributed by atoms with van der Waals surface area (Å²) in [5.41, 5.74) is 6.68. The lowest BCUT2D eigenvalue weighted by atomic mass is 10.1. The summed E-state index contributed by atoms with van der Waals surface area (Å²) >= 11 is 1.50. The Kier molecular flexibility index (Phi) is 5.22. The zero-order valence-corrected chi connectivity index (χ0v) is 13.3. The van der Waals surface area contributed by atoms with E-state index in [-0.39, 0.29) is 12.3 Å². The number of hydrogen-bond donors (Lipinski definition) is 1. The Labute approximate surface area is 128 Å². The Bertz CT molecular complexity index is 644. The van der Waals surface area contributed by atoms with Crippen LogP contribution in [0.3, 0.4) is 0 Å². The summed E-state index contributed by atoms with van der Waals surface area (Å²) in [6, 6.07) is 8.13. The number of aromatic nitrogens is 1. The van der Waals surface area contributed by atoms with Crippen molar-refractivity contribution < 1.29 is 4.79 Å². The molecule has 0 bridgehead atoms. The van der Waals surface area contributed by atoms with Gasteiger partial charge < -0.3 is 0 Å². The van der Waals surface area contributed by atoms with Crippen LogP contribution in [-0.4, -0.2) is 16.6 Å². The van der Waals surface area contributed by atoms with Crippen molar-refractivity contribution in [3.8, 4) is 0 Å². The minimum atomic E-state index is -0.137. The van der Waals surface area contributed by atoms with Gasteiger partial charge >= 0.3 is 0 Å². The lowest BCUT2D eigenvalue weighted by Crippen LogP contribution is -2.21. The number of benzene rings is 1. The third-order valence-electron chi connectivity index (χ3n) is 3.01. The molecule has 2 rings (SSSR count). The molecule has 21 heavy (non-hydrogen) atoms. The van der Waals surface area contributed by atoms with Gasteiger partial charge in [-0.15, -0.1) is 11.3 Å². The molecule has 0 fully saturated rings. The van der Waals surface area contributed by atoms with Crippen LogP contribution in [-0.2, 0) is 11.2 Å². The lowest BCUT2D eigenvalue weighted by molar-refractivity contribution is -0.120. The highest BCUT2D eigenvalue weighted by Gasteiger charge is 2.07. The quantitative estimate of drug-likeness (QED) is 0.681. The number of carbonyl (C=O) groups excluding carboxylic acids is 1. The van der Waals surface area contributed by atoms with Crippen molar-refractivity contribution in [1.82, 2.24) is 10.4 Å². The second-order valence-electron chi connectivity index (χ2n) is 4.87. The van der Waals surface area contributed by atoms with Gasteiger partial charge in [-0.3, -0.25) is 4.79 Å². The van der Waals surface area contributed by atoms with Gasteiger partial charge in [-0.2, -0.15) is 5.10 Å². The second-order valence-corrected chi connectivity index (χ2v) is 5.82. The first kappa shape index (κ1) is 15.4. The molecule has 0 spiro atoms. The predicted molar refractivity (Wildman–Crippen MR) is 86.7 cm³/mol. The monoisotopic (exact) mass is 301 g/mol. The first-order valence-electron chi connectivity index (χ1n) is 6.92. The topological polar surface area (TPSA) is 54.4 Å². The molecule has 0 saturated carbocycles. The van der Waals surface area contributed by atoms with E-state index in [0.29, 0.717) is 0 Å². The van der Waals surface area contributed by atoms with Gasteiger partial charge in [-0.25, -0.2) is 10.4 Å². The van der Waals surface area contributed by atoms with E-state index in [0.717, 1.165) is 28.4 Å². The molecule has 0 aliphatic heterocycles. The molecule has 0 atom stereocenters. The number of hydrazone groups is 1. The molecular weight excluding hydrogens is 282 g/mol. The summed E-state index contributed by atoms with van der Waals surface area (Å²) < 4.78 is 0. The number of thiazole rings is 1. The lowest BCUT2D eigenvalue weighted by Gasteiger charge is -2.05. The zero-order chi connectivity index (χ0) is 15.2. The SMILES string of the molecule is CC/C(=N/NC(=O)Cc1nc(C)cs1)c1ccc(C)cc1. The second kappa shape index (κ2) is 7.13. The zero-order valence-electron chi connectivity index (χ0n) is 12.5. The summed E-state index contributed by atoms with van der Waals surface area (Å²) in [4.78, 5) is 16.2. The average Bonchev–Trinajstić information content (AvgIpc) is 2.86. The van der Waals surface area contributed by atoms with Crippen molar-refractivity contribution in [3.63, 3.8) is 0 Å². The van der Waals surface area contributed by atoms with E-state index in [9.17, 15) is 4.79 Å². The molecule has 0 unspecified atom stereocenters. The molecular formula is C16H19N3OS.